The first-order valence-electron chi connectivity index (χ1n) is 12.0. The lowest BCUT2D eigenvalue weighted by molar-refractivity contribution is -0.136. The summed E-state index contributed by atoms with van der Waals surface area (Å²) in [4.78, 5) is 41.1. The maximum Gasteiger partial charge on any atom is 0.327 e. The van der Waals surface area contributed by atoms with Crippen LogP contribution in [0.1, 0.15) is 57.2 Å². The molecule has 4 amide bonds. The molecule has 34 heavy (non-hydrogen) atoms. The third-order valence-corrected chi connectivity index (χ3v) is 7.39. The van der Waals surface area contributed by atoms with Gasteiger partial charge >= 0.3 is 6.03 Å². The number of nitrogens with one attached hydrogen (secondary N) is 1. The number of hydrogen-bond acceptors (Lipinski definition) is 5. The summed E-state index contributed by atoms with van der Waals surface area (Å²) in [5, 5.41) is 11.1. The predicted molar refractivity (Wildman–Crippen MR) is 122 cm³/mol. The van der Waals surface area contributed by atoms with E-state index in [0.29, 0.717) is 24.2 Å². The van der Waals surface area contributed by atoms with Gasteiger partial charge in [-0.05, 0) is 43.9 Å². The minimum absolute atomic E-state index is 0.0201. The fourth-order valence-corrected chi connectivity index (χ4v) is 5.46. The van der Waals surface area contributed by atoms with Crippen LogP contribution in [0, 0.1) is 5.82 Å². The number of urea groups is 1. The molecule has 3 aliphatic rings. The number of benzene rings is 1. The van der Waals surface area contributed by atoms with Crippen LogP contribution in [0.25, 0.3) is 11.4 Å². The maximum atomic E-state index is 14.6. The Hall–Kier alpha value is -3.30. The smallest absolute Gasteiger partial charge is 0.322 e. The van der Waals surface area contributed by atoms with Crippen molar-refractivity contribution >= 4 is 23.5 Å². The standard InChI is InChI=1S/C24H29FN6O3/c1-29-23(34)31(22(33)24(29)11-5-3-6-12-24)15-20(32)26-18-14-16(9-10-17(18)25)21-28-27-19-8-4-2-7-13-30(19)21/h9-10,14H,2-8,11-13,15H2,1H3,(H,26,32). The van der Waals surface area contributed by atoms with Gasteiger partial charge in [0.15, 0.2) is 5.82 Å². The molecule has 2 aliphatic heterocycles. The van der Waals surface area contributed by atoms with E-state index < -0.39 is 29.8 Å². The number of fused-ring (bicyclic) bond motifs is 1. The highest BCUT2D eigenvalue weighted by molar-refractivity contribution is 6.10. The number of imide groups is 1. The van der Waals surface area contributed by atoms with Crippen molar-refractivity contribution < 1.29 is 18.8 Å². The summed E-state index contributed by atoms with van der Waals surface area (Å²) in [5.41, 5.74) is -0.230. The zero-order valence-corrected chi connectivity index (χ0v) is 19.3. The summed E-state index contributed by atoms with van der Waals surface area (Å²) in [5.74, 6) is -0.0191. The van der Waals surface area contributed by atoms with Crippen LogP contribution in [-0.2, 0) is 22.6 Å². The van der Waals surface area contributed by atoms with E-state index in [1.807, 2.05) is 4.57 Å². The van der Waals surface area contributed by atoms with Gasteiger partial charge in [-0.25, -0.2) is 9.18 Å². The molecular formula is C24H29FN6O3. The molecule has 2 aromatic rings. The first kappa shape index (κ1) is 22.5. The van der Waals surface area contributed by atoms with Gasteiger partial charge in [-0.2, -0.15) is 0 Å². The molecule has 1 aromatic heterocycles. The summed E-state index contributed by atoms with van der Waals surface area (Å²) in [6, 6.07) is 3.93. The lowest BCUT2D eigenvalue weighted by Gasteiger charge is -2.35. The molecule has 180 valence electrons. The van der Waals surface area contributed by atoms with E-state index in [1.165, 1.54) is 17.0 Å². The van der Waals surface area contributed by atoms with Crippen molar-refractivity contribution in [3.63, 3.8) is 0 Å². The lowest BCUT2D eigenvalue weighted by Crippen LogP contribution is -2.49. The summed E-state index contributed by atoms with van der Waals surface area (Å²) < 4.78 is 16.6. The molecule has 1 saturated carbocycles. The largest absolute Gasteiger partial charge is 0.327 e. The first-order valence-corrected chi connectivity index (χ1v) is 12.0. The maximum absolute atomic E-state index is 14.6. The number of anilines is 1. The van der Waals surface area contributed by atoms with Crippen molar-refractivity contribution in [1.29, 1.82) is 0 Å². The molecule has 2 fully saturated rings. The Balaban J connectivity index is 1.33. The highest BCUT2D eigenvalue weighted by Crippen LogP contribution is 2.39. The van der Waals surface area contributed by atoms with Crippen LogP contribution in [0.4, 0.5) is 14.9 Å². The van der Waals surface area contributed by atoms with E-state index in [9.17, 15) is 18.8 Å². The van der Waals surface area contributed by atoms with Gasteiger partial charge in [0.1, 0.15) is 23.7 Å². The van der Waals surface area contributed by atoms with Gasteiger partial charge in [-0.1, -0.05) is 25.7 Å². The fraction of sp³-hybridized carbons (Fsp3) is 0.542. The van der Waals surface area contributed by atoms with E-state index >= 15 is 0 Å². The first-order chi connectivity index (χ1) is 16.4. The van der Waals surface area contributed by atoms with Gasteiger partial charge < -0.3 is 14.8 Å². The van der Waals surface area contributed by atoms with Crippen LogP contribution in [0.2, 0.25) is 0 Å². The van der Waals surface area contributed by atoms with Crippen LogP contribution in [-0.4, -0.2) is 61.5 Å². The van der Waals surface area contributed by atoms with Crippen molar-refractivity contribution in [2.45, 2.75) is 69.9 Å². The topological polar surface area (TPSA) is 100 Å². The van der Waals surface area contributed by atoms with Crippen LogP contribution >= 0.6 is 0 Å². The molecule has 1 spiro atoms. The minimum atomic E-state index is -0.855. The lowest BCUT2D eigenvalue weighted by atomic mass is 9.81. The van der Waals surface area contributed by atoms with Crippen molar-refractivity contribution in [2.24, 2.45) is 0 Å². The Morgan fingerprint density at radius 3 is 2.65 bits per heavy atom. The van der Waals surface area contributed by atoms with Crippen molar-refractivity contribution in [2.75, 3.05) is 18.9 Å². The third kappa shape index (κ3) is 3.74. The molecule has 0 bridgehead atoms. The van der Waals surface area contributed by atoms with E-state index in [2.05, 4.69) is 15.5 Å². The van der Waals surface area contributed by atoms with Crippen molar-refractivity contribution in [3.8, 4) is 11.4 Å². The average Bonchev–Trinajstić information content (AvgIpc) is 3.18. The predicted octanol–water partition coefficient (Wildman–Crippen LogP) is 3.35. The Kier molecular flexibility index (Phi) is 5.83. The number of carbonyl (C=O) groups is 3. The SMILES string of the molecule is CN1C(=O)N(CC(=O)Nc2cc(-c3nnc4n3CCCCC4)ccc2F)C(=O)C12CCCCC2. The zero-order chi connectivity index (χ0) is 23.9. The highest BCUT2D eigenvalue weighted by atomic mass is 19.1. The Bertz CT molecular complexity index is 1140. The minimum Gasteiger partial charge on any atom is -0.322 e. The molecule has 1 aromatic carbocycles. The number of hydrogen-bond donors (Lipinski definition) is 1. The van der Waals surface area contributed by atoms with Gasteiger partial charge in [0, 0.05) is 25.6 Å². The number of rotatable bonds is 4. The van der Waals surface area contributed by atoms with E-state index in [1.54, 1.807) is 13.1 Å². The molecule has 0 radical (unpaired) electrons. The van der Waals surface area contributed by atoms with Crippen LogP contribution < -0.4 is 5.32 Å². The average molecular weight is 469 g/mol. The normalized spacial score (nSPS) is 19.9. The highest BCUT2D eigenvalue weighted by Gasteiger charge is 2.55. The number of aromatic nitrogens is 3. The van der Waals surface area contributed by atoms with Crippen LogP contribution in [0.5, 0.6) is 0 Å². The van der Waals surface area contributed by atoms with Gasteiger partial charge in [0.05, 0.1) is 5.69 Å². The molecule has 0 atom stereocenters. The molecule has 1 N–H and O–H groups in total. The monoisotopic (exact) mass is 468 g/mol. The van der Waals surface area contributed by atoms with E-state index in [-0.39, 0.29) is 11.6 Å². The molecule has 5 rings (SSSR count). The van der Waals surface area contributed by atoms with Gasteiger partial charge in [0.25, 0.3) is 5.91 Å². The number of likely N-dealkylation sites (N-methyl/N-ethyl adjacent to an activating group) is 1. The number of halogens is 1. The molecule has 10 heteroatoms. The summed E-state index contributed by atoms with van der Waals surface area (Å²) >= 11 is 0. The quantitative estimate of drug-likeness (QED) is 0.694. The molecule has 9 nitrogen and oxygen atoms in total. The fourth-order valence-electron chi connectivity index (χ4n) is 5.46. The summed E-state index contributed by atoms with van der Waals surface area (Å²) in [6.45, 7) is 0.346. The van der Waals surface area contributed by atoms with Gasteiger partial charge in [-0.3, -0.25) is 14.5 Å². The second-order valence-corrected chi connectivity index (χ2v) is 9.47. The van der Waals surface area contributed by atoms with Gasteiger partial charge in [0.2, 0.25) is 5.91 Å². The molecular weight excluding hydrogens is 439 g/mol. The Morgan fingerprint density at radius 2 is 1.85 bits per heavy atom. The number of amides is 4. The van der Waals surface area contributed by atoms with Crippen molar-refractivity contribution in [1.82, 2.24) is 24.6 Å². The molecule has 1 saturated heterocycles. The molecule has 0 unspecified atom stereocenters. The number of carbonyl (C=O) groups excluding carboxylic acids is 3. The zero-order valence-electron chi connectivity index (χ0n) is 19.3. The van der Waals surface area contributed by atoms with Gasteiger partial charge in [-0.15, -0.1) is 10.2 Å². The number of aryl methyl sites for hydroxylation is 1. The molecule has 3 heterocycles. The third-order valence-electron chi connectivity index (χ3n) is 7.39. The van der Waals surface area contributed by atoms with Crippen LogP contribution in [0.3, 0.4) is 0 Å². The number of nitrogens with zero attached hydrogens (tertiary/aromatic N) is 5. The van der Waals surface area contributed by atoms with Crippen molar-refractivity contribution in [3.05, 3.63) is 29.8 Å². The second-order valence-electron chi connectivity index (χ2n) is 9.47. The van der Waals surface area contributed by atoms with Crippen LogP contribution in [0.15, 0.2) is 18.2 Å². The summed E-state index contributed by atoms with van der Waals surface area (Å²) in [6.07, 6.45) is 8.04. The second kappa shape index (κ2) is 8.81. The Morgan fingerprint density at radius 1 is 1.09 bits per heavy atom. The summed E-state index contributed by atoms with van der Waals surface area (Å²) in [7, 11) is 1.62. The van der Waals surface area contributed by atoms with E-state index in [0.717, 1.165) is 62.2 Å². The molecule has 1 aliphatic carbocycles. The Labute approximate surface area is 197 Å². The van der Waals surface area contributed by atoms with E-state index in [4.69, 9.17) is 0 Å².